The zero-order valence-corrected chi connectivity index (χ0v) is 19.7. The van der Waals surface area contributed by atoms with Gasteiger partial charge in [0, 0.05) is 24.9 Å². The quantitative estimate of drug-likeness (QED) is 0.531. The summed E-state index contributed by atoms with van der Waals surface area (Å²) < 4.78 is 5.57. The van der Waals surface area contributed by atoms with E-state index in [-0.39, 0.29) is 42.1 Å². The fourth-order valence-electron chi connectivity index (χ4n) is 5.80. The molecule has 3 aliphatic rings. The molecule has 3 N–H and O–H groups in total. The predicted octanol–water partition coefficient (Wildman–Crippen LogP) is 4.17. The molecule has 0 aromatic heterocycles. The number of rotatable bonds is 8. The van der Waals surface area contributed by atoms with Crippen LogP contribution in [0.3, 0.4) is 0 Å². The van der Waals surface area contributed by atoms with E-state index in [1.165, 1.54) is 22.3 Å². The van der Waals surface area contributed by atoms with Crippen LogP contribution in [-0.4, -0.2) is 42.8 Å². The summed E-state index contributed by atoms with van der Waals surface area (Å²) in [6.45, 7) is 1.08. The van der Waals surface area contributed by atoms with E-state index in [0.717, 1.165) is 25.7 Å². The van der Waals surface area contributed by atoms with Crippen LogP contribution in [0.15, 0.2) is 48.5 Å². The molecule has 0 aliphatic heterocycles. The fourth-order valence-corrected chi connectivity index (χ4v) is 5.80. The Morgan fingerprint density at radius 1 is 0.829 bits per heavy atom. The largest absolute Gasteiger partial charge is 0.481 e. The molecule has 184 valence electrons. The fraction of sp³-hybridized carbons (Fsp3) is 0.464. The molecule has 0 bridgehead atoms. The van der Waals surface area contributed by atoms with Crippen LogP contribution < -0.4 is 10.6 Å². The number of fused-ring (bicyclic) bond motifs is 3. The van der Waals surface area contributed by atoms with E-state index in [1.807, 2.05) is 24.3 Å². The summed E-state index contributed by atoms with van der Waals surface area (Å²) in [7, 11) is 0. The number of aliphatic carboxylic acids is 1. The number of benzene rings is 2. The Balaban J connectivity index is 1.05. The lowest BCUT2D eigenvalue weighted by molar-refractivity contribution is -0.145. The zero-order chi connectivity index (χ0) is 24.4. The first-order chi connectivity index (χ1) is 17.0. The summed E-state index contributed by atoms with van der Waals surface area (Å²) in [5.41, 5.74) is 4.71. The Bertz CT molecular complexity index is 1070. The van der Waals surface area contributed by atoms with Crippen LogP contribution in [0.5, 0.6) is 0 Å². The highest BCUT2D eigenvalue weighted by Crippen LogP contribution is 2.44. The lowest BCUT2D eigenvalue weighted by Crippen LogP contribution is -2.38. The number of hydrogen-bond acceptors (Lipinski definition) is 4. The number of carboxylic acid groups (broad SMARTS) is 1. The average Bonchev–Trinajstić information content (AvgIpc) is 3.60. The Morgan fingerprint density at radius 2 is 1.46 bits per heavy atom. The predicted molar refractivity (Wildman–Crippen MR) is 131 cm³/mol. The maximum Gasteiger partial charge on any atom is 0.407 e. The van der Waals surface area contributed by atoms with Gasteiger partial charge in [0.15, 0.2) is 0 Å². The van der Waals surface area contributed by atoms with Gasteiger partial charge < -0.3 is 20.5 Å². The Labute approximate surface area is 205 Å². The third-order valence-electron chi connectivity index (χ3n) is 7.88. The van der Waals surface area contributed by atoms with Crippen LogP contribution in [0.4, 0.5) is 4.79 Å². The molecular weight excluding hydrogens is 444 g/mol. The first-order valence-corrected chi connectivity index (χ1v) is 12.6. The lowest BCUT2D eigenvalue weighted by atomic mass is 9.79. The van der Waals surface area contributed by atoms with Gasteiger partial charge in [0.1, 0.15) is 6.61 Å². The third-order valence-corrected chi connectivity index (χ3v) is 7.88. The minimum atomic E-state index is -0.763. The SMILES string of the molecule is O=C(NCC1CC1C(=O)NC[C@@H]1CCCC[C@@H]1C(=O)O)OCC1c2ccccc2-c2ccccc21. The van der Waals surface area contributed by atoms with Crippen LogP contribution in [0, 0.1) is 23.7 Å². The molecule has 2 amide bonds. The standard InChI is InChI=1S/C28H32N2O5/c31-26(29-14-17-7-1-2-8-19(17)27(32)33)24-13-18(24)15-30-28(34)35-16-25-22-11-5-3-9-20(22)21-10-4-6-12-23(21)25/h3-6,9-12,17-19,24-25H,1-2,7-8,13-16H2,(H,29,31)(H,30,34)(H,32,33)/t17-,18?,19-,24?/m0/s1. The van der Waals surface area contributed by atoms with E-state index in [2.05, 4.69) is 34.9 Å². The molecule has 7 heteroatoms. The Hall–Kier alpha value is -3.35. The maximum atomic E-state index is 12.5. The summed E-state index contributed by atoms with van der Waals surface area (Å²) in [6, 6.07) is 16.4. The molecule has 2 fully saturated rings. The molecule has 2 saturated carbocycles. The molecule has 0 spiro atoms. The van der Waals surface area contributed by atoms with Gasteiger partial charge in [-0.25, -0.2) is 4.79 Å². The van der Waals surface area contributed by atoms with Crippen LogP contribution in [0.1, 0.15) is 49.1 Å². The number of carbonyl (C=O) groups is 3. The molecule has 5 rings (SSSR count). The molecule has 2 unspecified atom stereocenters. The molecule has 2 aromatic carbocycles. The van der Waals surface area contributed by atoms with Crippen molar-refractivity contribution in [3.63, 3.8) is 0 Å². The van der Waals surface area contributed by atoms with Crippen molar-refractivity contribution in [2.45, 2.75) is 38.0 Å². The topological polar surface area (TPSA) is 105 Å². The summed E-state index contributed by atoms with van der Waals surface area (Å²) in [6.07, 6.45) is 3.74. The number of ether oxygens (including phenoxy) is 1. The van der Waals surface area contributed by atoms with Crippen molar-refractivity contribution < 1.29 is 24.2 Å². The highest BCUT2D eigenvalue weighted by molar-refractivity contribution is 5.82. The van der Waals surface area contributed by atoms with Crippen molar-refractivity contribution in [2.24, 2.45) is 23.7 Å². The van der Waals surface area contributed by atoms with Crippen molar-refractivity contribution in [3.8, 4) is 11.1 Å². The number of hydrogen-bond donors (Lipinski definition) is 3. The van der Waals surface area contributed by atoms with Crippen molar-refractivity contribution in [3.05, 3.63) is 59.7 Å². The average molecular weight is 477 g/mol. The van der Waals surface area contributed by atoms with E-state index in [0.29, 0.717) is 19.5 Å². The summed E-state index contributed by atoms with van der Waals surface area (Å²) in [4.78, 5) is 36.3. The first kappa shape index (κ1) is 23.4. The minimum Gasteiger partial charge on any atom is -0.481 e. The third kappa shape index (κ3) is 5.04. The summed E-state index contributed by atoms with van der Waals surface area (Å²) in [5.74, 6) is -1.19. The van der Waals surface area contributed by atoms with Crippen LogP contribution in [0.25, 0.3) is 11.1 Å². The van der Waals surface area contributed by atoms with Gasteiger partial charge in [0.05, 0.1) is 5.92 Å². The Kier molecular flexibility index (Phi) is 6.75. The van der Waals surface area contributed by atoms with Gasteiger partial charge in [-0.3, -0.25) is 9.59 Å². The van der Waals surface area contributed by atoms with E-state index in [4.69, 9.17) is 4.74 Å². The second-order valence-corrected chi connectivity index (χ2v) is 10.0. The molecule has 0 saturated heterocycles. The van der Waals surface area contributed by atoms with Crippen LogP contribution in [0.2, 0.25) is 0 Å². The molecule has 2 aromatic rings. The Morgan fingerprint density at radius 3 is 2.14 bits per heavy atom. The maximum absolute atomic E-state index is 12.5. The second-order valence-electron chi connectivity index (χ2n) is 10.0. The van der Waals surface area contributed by atoms with Crippen LogP contribution >= 0.6 is 0 Å². The summed E-state index contributed by atoms with van der Waals surface area (Å²) in [5, 5.41) is 15.2. The van der Waals surface area contributed by atoms with Gasteiger partial charge >= 0.3 is 12.1 Å². The van der Waals surface area contributed by atoms with Gasteiger partial charge in [-0.2, -0.15) is 0 Å². The molecule has 4 atom stereocenters. The van der Waals surface area contributed by atoms with Crippen molar-refractivity contribution >= 4 is 18.0 Å². The number of carboxylic acids is 1. The van der Waals surface area contributed by atoms with Crippen molar-refractivity contribution in [2.75, 3.05) is 19.7 Å². The molecular formula is C28H32N2O5. The molecule has 35 heavy (non-hydrogen) atoms. The van der Waals surface area contributed by atoms with E-state index in [9.17, 15) is 19.5 Å². The van der Waals surface area contributed by atoms with Gasteiger partial charge in [0.25, 0.3) is 0 Å². The minimum absolute atomic E-state index is 0.00125. The molecule has 0 heterocycles. The highest BCUT2D eigenvalue weighted by Gasteiger charge is 2.43. The lowest BCUT2D eigenvalue weighted by Gasteiger charge is -2.28. The van der Waals surface area contributed by atoms with Gasteiger partial charge in [0.2, 0.25) is 5.91 Å². The normalized spacial score (nSPS) is 24.7. The molecule has 7 nitrogen and oxygen atoms in total. The van der Waals surface area contributed by atoms with Crippen molar-refractivity contribution in [1.29, 1.82) is 0 Å². The second kappa shape index (κ2) is 10.1. The van der Waals surface area contributed by atoms with Gasteiger partial charge in [-0.15, -0.1) is 0 Å². The highest BCUT2D eigenvalue weighted by atomic mass is 16.5. The van der Waals surface area contributed by atoms with Gasteiger partial charge in [-0.1, -0.05) is 61.4 Å². The van der Waals surface area contributed by atoms with E-state index >= 15 is 0 Å². The summed E-state index contributed by atoms with van der Waals surface area (Å²) >= 11 is 0. The van der Waals surface area contributed by atoms with E-state index < -0.39 is 12.1 Å². The number of nitrogens with one attached hydrogen (secondary N) is 2. The smallest absolute Gasteiger partial charge is 0.407 e. The zero-order valence-electron chi connectivity index (χ0n) is 19.7. The molecule has 0 radical (unpaired) electrons. The van der Waals surface area contributed by atoms with E-state index in [1.54, 1.807) is 0 Å². The molecule has 3 aliphatic carbocycles. The monoisotopic (exact) mass is 476 g/mol. The first-order valence-electron chi connectivity index (χ1n) is 12.6. The number of carbonyl (C=O) groups excluding carboxylic acids is 2. The van der Waals surface area contributed by atoms with Crippen LogP contribution in [-0.2, 0) is 14.3 Å². The number of alkyl carbamates (subject to hydrolysis) is 1. The number of amides is 2. The van der Waals surface area contributed by atoms with Crippen molar-refractivity contribution in [1.82, 2.24) is 10.6 Å². The van der Waals surface area contributed by atoms with Gasteiger partial charge in [-0.05, 0) is 53.4 Å².